The van der Waals surface area contributed by atoms with Crippen LogP contribution in [0.15, 0.2) is 0 Å². The van der Waals surface area contributed by atoms with E-state index < -0.39 is 0 Å². The fourth-order valence-corrected chi connectivity index (χ4v) is 1.69. The number of nitrogens with zero attached hydrogens (tertiary/aromatic N) is 1. The molecule has 1 saturated carbocycles. The molecular formula is C11H21NO2. The van der Waals surface area contributed by atoms with Crippen molar-refractivity contribution in [2.24, 2.45) is 5.41 Å². The van der Waals surface area contributed by atoms with Gasteiger partial charge in [0.2, 0.25) is 5.91 Å². The predicted molar refractivity (Wildman–Crippen MR) is 55.9 cm³/mol. The fourth-order valence-electron chi connectivity index (χ4n) is 1.69. The van der Waals surface area contributed by atoms with Crippen LogP contribution in [0.3, 0.4) is 0 Å². The number of hydrogen-bond acceptors (Lipinski definition) is 2. The Kier molecular flexibility index (Phi) is 3.53. The lowest BCUT2D eigenvalue weighted by atomic mass is 9.87. The van der Waals surface area contributed by atoms with Crippen molar-refractivity contribution in [1.29, 1.82) is 0 Å². The average Bonchev–Trinajstić information content (AvgIpc) is 1.97. The van der Waals surface area contributed by atoms with E-state index in [1.165, 1.54) is 6.42 Å². The molecule has 0 unspecified atom stereocenters. The third-order valence-corrected chi connectivity index (χ3v) is 2.76. The molecule has 82 valence electrons. The molecule has 0 heterocycles. The molecule has 1 aliphatic carbocycles. The van der Waals surface area contributed by atoms with Crippen LogP contribution >= 0.6 is 0 Å². The van der Waals surface area contributed by atoms with E-state index >= 15 is 0 Å². The lowest BCUT2D eigenvalue weighted by molar-refractivity contribution is -0.144. The lowest BCUT2D eigenvalue weighted by Gasteiger charge is -2.40. The van der Waals surface area contributed by atoms with Gasteiger partial charge in [-0.1, -0.05) is 20.8 Å². The summed E-state index contributed by atoms with van der Waals surface area (Å²) in [5.74, 6) is 0.163. The monoisotopic (exact) mass is 199 g/mol. The molecule has 1 N–H and O–H groups in total. The quantitative estimate of drug-likeness (QED) is 0.746. The van der Waals surface area contributed by atoms with Gasteiger partial charge in [0.25, 0.3) is 0 Å². The van der Waals surface area contributed by atoms with Crippen molar-refractivity contribution in [2.45, 2.75) is 46.1 Å². The summed E-state index contributed by atoms with van der Waals surface area (Å²) in [6, 6.07) is 0.383. The Morgan fingerprint density at radius 1 is 1.43 bits per heavy atom. The predicted octanol–water partition coefficient (Wildman–Crippen LogP) is 1.41. The van der Waals surface area contributed by atoms with Crippen molar-refractivity contribution in [3.8, 4) is 0 Å². The van der Waals surface area contributed by atoms with Gasteiger partial charge in [0, 0.05) is 18.0 Å². The van der Waals surface area contributed by atoms with Crippen LogP contribution < -0.4 is 0 Å². The smallest absolute Gasteiger partial charge is 0.228 e. The molecule has 1 fully saturated rings. The number of amides is 1. The Morgan fingerprint density at radius 2 is 2.00 bits per heavy atom. The van der Waals surface area contributed by atoms with Gasteiger partial charge in [-0.05, 0) is 19.3 Å². The highest BCUT2D eigenvalue weighted by Crippen LogP contribution is 2.28. The molecule has 0 radical (unpaired) electrons. The zero-order chi connectivity index (χ0) is 10.8. The van der Waals surface area contributed by atoms with Crippen LogP contribution in [0.2, 0.25) is 0 Å². The van der Waals surface area contributed by atoms with Gasteiger partial charge in [0.1, 0.15) is 0 Å². The largest absolute Gasteiger partial charge is 0.395 e. The van der Waals surface area contributed by atoms with Crippen molar-refractivity contribution in [1.82, 2.24) is 4.90 Å². The zero-order valence-electron chi connectivity index (χ0n) is 9.42. The van der Waals surface area contributed by atoms with Crippen LogP contribution in [0.5, 0.6) is 0 Å². The molecule has 3 heteroatoms. The van der Waals surface area contributed by atoms with Gasteiger partial charge in [0.05, 0.1) is 6.61 Å². The maximum absolute atomic E-state index is 12.0. The zero-order valence-corrected chi connectivity index (χ0v) is 9.42. The van der Waals surface area contributed by atoms with E-state index in [1.807, 2.05) is 25.7 Å². The van der Waals surface area contributed by atoms with Crippen LogP contribution in [0.1, 0.15) is 40.0 Å². The van der Waals surface area contributed by atoms with Crippen LogP contribution in [-0.2, 0) is 4.79 Å². The number of hydrogen-bond donors (Lipinski definition) is 1. The summed E-state index contributed by atoms with van der Waals surface area (Å²) >= 11 is 0. The van der Waals surface area contributed by atoms with Gasteiger partial charge >= 0.3 is 0 Å². The van der Waals surface area contributed by atoms with Crippen molar-refractivity contribution < 1.29 is 9.90 Å². The van der Waals surface area contributed by atoms with Crippen molar-refractivity contribution in [2.75, 3.05) is 13.2 Å². The normalized spacial score (nSPS) is 17.7. The van der Waals surface area contributed by atoms with Crippen LogP contribution in [0.25, 0.3) is 0 Å². The molecule has 1 rings (SSSR count). The SMILES string of the molecule is CC(C)(C)C(=O)N(CCO)C1CCC1. The van der Waals surface area contributed by atoms with Gasteiger partial charge in [0.15, 0.2) is 0 Å². The van der Waals surface area contributed by atoms with Gasteiger partial charge < -0.3 is 10.0 Å². The van der Waals surface area contributed by atoms with Crippen molar-refractivity contribution >= 4 is 5.91 Å². The number of rotatable bonds is 3. The Hall–Kier alpha value is -0.570. The third kappa shape index (κ3) is 2.47. The fraction of sp³-hybridized carbons (Fsp3) is 0.909. The van der Waals surface area contributed by atoms with Crippen LogP contribution in [0.4, 0.5) is 0 Å². The van der Waals surface area contributed by atoms with Crippen molar-refractivity contribution in [3.05, 3.63) is 0 Å². The Balaban J connectivity index is 2.61. The summed E-state index contributed by atoms with van der Waals surface area (Å²) in [7, 11) is 0. The maximum atomic E-state index is 12.0. The van der Waals surface area contributed by atoms with E-state index in [9.17, 15) is 4.79 Å². The van der Waals surface area contributed by atoms with Crippen molar-refractivity contribution in [3.63, 3.8) is 0 Å². The Labute approximate surface area is 86.1 Å². The second-order valence-electron chi connectivity index (χ2n) is 5.06. The molecule has 3 nitrogen and oxygen atoms in total. The first kappa shape index (κ1) is 11.5. The molecule has 1 amide bonds. The minimum absolute atomic E-state index is 0.0678. The summed E-state index contributed by atoms with van der Waals surface area (Å²) in [5, 5.41) is 8.93. The maximum Gasteiger partial charge on any atom is 0.228 e. The molecule has 0 aromatic rings. The van der Waals surface area contributed by atoms with E-state index in [4.69, 9.17) is 5.11 Å². The molecule has 0 saturated heterocycles. The number of aliphatic hydroxyl groups is 1. The highest BCUT2D eigenvalue weighted by molar-refractivity contribution is 5.81. The highest BCUT2D eigenvalue weighted by atomic mass is 16.3. The lowest BCUT2D eigenvalue weighted by Crippen LogP contribution is -2.49. The minimum atomic E-state index is -0.329. The minimum Gasteiger partial charge on any atom is -0.395 e. The topological polar surface area (TPSA) is 40.5 Å². The molecular weight excluding hydrogens is 178 g/mol. The van der Waals surface area contributed by atoms with E-state index in [1.54, 1.807) is 0 Å². The van der Waals surface area contributed by atoms with E-state index in [0.717, 1.165) is 12.8 Å². The van der Waals surface area contributed by atoms with Gasteiger partial charge in [-0.15, -0.1) is 0 Å². The van der Waals surface area contributed by atoms with E-state index in [0.29, 0.717) is 12.6 Å². The number of carbonyl (C=O) groups is 1. The van der Waals surface area contributed by atoms with E-state index in [-0.39, 0.29) is 17.9 Å². The van der Waals surface area contributed by atoms with Gasteiger partial charge in [-0.2, -0.15) is 0 Å². The number of aliphatic hydroxyl groups excluding tert-OH is 1. The molecule has 1 aliphatic rings. The molecule has 0 bridgehead atoms. The second kappa shape index (κ2) is 4.30. The van der Waals surface area contributed by atoms with Crippen LogP contribution in [0, 0.1) is 5.41 Å². The first-order valence-electron chi connectivity index (χ1n) is 5.38. The van der Waals surface area contributed by atoms with E-state index in [2.05, 4.69) is 0 Å². The summed E-state index contributed by atoms with van der Waals surface area (Å²) in [4.78, 5) is 13.9. The first-order valence-corrected chi connectivity index (χ1v) is 5.38. The second-order valence-corrected chi connectivity index (χ2v) is 5.06. The summed E-state index contributed by atoms with van der Waals surface area (Å²) in [6.45, 7) is 6.34. The third-order valence-electron chi connectivity index (χ3n) is 2.76. The number of carbonyl (C=O) groups excluding carboxylic acids is 1. The van der Waals surface area contributed by atoms with Gasteiger partial charge in [-0.25, -0.2) is 0 Å². The first-order chi connectivity index (χ1) is 6.46. The standard InChI is InChI=1S/C11H21NO2/c1-11(2,3)10(14)12(7-8-13)9-5-4-6-9/h9,13H,4-8H2,1-3H3. The Bertz CT molecular complexity index is 204. The molecule has 0 aromatic carbocycles. The molecule has 14 heavy (non-hydrogen) atoms. The average molecular weight is 199 g/mol. The van der Waals surface area contributed by atoms with Gasteiger partial charge in [-0.3, -0.25) is 4.79 Å². The molecule has 0 aromatic heterocycles. The molecule has 0 aliphatic heterocycles. The van der Waals surface area contributed by atoms with Crippen LogP contribution in [-0.4, -0.2) is 35.1 Å². The highest BCUT2D eigenvalue weighted by Gasteiger charge is 2.34. The molecule has 0 spiro atoms. The molecule has 0 atom stereocenters. The Morgan fingerprint density at radius 3 is 2.29 bits per heavy atom. The summed E-state index contributed by atoms with van der Waals surface area (Å²) in [5.41, 5.74) is -0.329. The summed E-state index contributed by atoms with van der Waals surface area (Å²) < 4.78 is 0. The summed E-state index contributed by atoms with van der Waals surface area (Å²) in [6.07, 6.45) is 3.41.